The highest BCUT2D eigenvalue weighted by Gasteiger charge is 2.30. The molecule has 1 rings (SSSR count). The summed E-state index contributed by atoms with van der Waals surface area (Å²) in [5.74, 6) is 0. The van der Waals surface area contributed by atoms with E-state index in [1.54, 1.807) is 0 Å². The van der Waals surface area contributed by atoms with Gasteiger partial charge in [-0.2, -0.15) is 4.79 Å². The first-order valence-electron chi connectivity index (χ1n) is 3.86. The summed E-state index contributed by atoms with van der Waals surface area (Å²) >= 11 is 0. The first kappa shape index (κ1) is 8.49. The number of carbonyl (C=O) groups excluding carboxylic acids is 1. The maximum absolute atomic E-state index is 11.5. The second-order valence-corrected chi connectivity index (χ2v) is 2.87. The van der Waals surface area contributed by atoms with Crippen LogP contribution < -0.4 is 0 Å². The second-order valence-electron chi connectivity index (χ2n) is 2.87. The van der Waals surface area contributed by atoms with Crippen LogP contribution in [0, 0.1) is 5.21 Å². The van der Waals surface area contributed by atoms with E-state index in [1.807, 2.05) is 0 Å². The molecule has 1 heterocycles. The van der Waals surface area contributed by atoms with Crippen molar-refractivity contribution in [1.82, 2.24) is 0 Å². The summed E-state index contributed by atoms with van der Waals surface area (Å²) in [6.07, 6.45) is 2.07. The Kier molecular flexibility index (Phi) is 2.46. The number of likely N-dealkylation sites (tertiary alicyclic amines) is 1. The molecule has 1 fully saturated rings. The van der Waals surface area contributed by atoms with Crippen LogP contribution in [0.4, 0.5) is 4.79 Å². The predicted octanol–water partition coefficient (Wildman–Crippen LogP) is 1.25. The lowest BCUT2D eigenvalue weighted by Crippen LogP contribution is -2.50. The summed E-state index contributed by atoms with van der Waals surface area (Å²) in [7, 11) is 1.26. The van der Waals surface area contributed by atoms with Crippen molar-refractivity contribution in [2.75, 3.05) is 20.2 Å². The summed E-state index contributed by atoms with van der Waals surface area (Å²) in [4.78, 5) is 10.9. The number of rotatable bonds is 0. The largest absolute Gasteiger partial charge is 0.622 e. The Morgan fingerprint density at radius 3 is 2.36 bits per heavy atom. The molecule has 0 aromatic rings. The van der Waals surface area contributed by atoms with Crippen molar-refractivity contribution in [1.29, 1.82) is 0 Å². The van der Waals surface area contributed by atoms with E-state index in [0.717, 1.165) is 19.3 Å². The highest BCUT2D eigenvalue weighted by molar-refractivity contribution is 5.59. The van der Waals surface area contributed by atoms with E-state index in [0.29, 0.717) is 13.1 Å². The Morgan fingerprint density at radius 2 is 1.91 bits per heavy atom. The molecule has 0 N–H and O–H groups in total. The molecule has 0 aliphatic carbocycles. The average Bonchev–Trinajstić information content (AvgIpc) is 2.04. The fourth-order valence-electron chi connectivity index (χ4n) is 1.37. The Morgan fingerprint density at radius 1 is 1.36 bits per heavy atom. The molecule has 0 radical (unpaired) electrons. The smallest absolute Gasteiger partial charge is 0.515 e. The third-order valence-electron chi connectivity index (χ3n) is 2.05. The standard InChI is InChI=1S/C7H13NO3/c1-11-7(9)8(10)5-3-2-4-6-8/h2-6H2,1H3. The Hall–Kier alpha value is -0.610. The van der Waals surface area contributed by atoms with Crippen LogP contribution in [-0.2, 0) is 4.74 Å². The van der Waals surface area contributed by atoms with Gasteiger partial charge in [0.2, 0.25) is 0 Å². The van der Waals surface area contributed by atoms with Crippen molar-refractivity contribution < 1.29 is 14.2 Å². The first-order chi connectivity index (χ1) is 5.19. The van der Waals surface area contributed by atoms with Crippen molar-refractivity contribution in [3.8, 4) is 0 Å². The van der Waals surface area contributed by atoms with Gasteiger partial charge >= 0.3 is 6.09 Å². The van der Waals surface area contributed by atoms with Gasteiger partial charge in [0.15, 0.2) is 0 Å². The average molecular weight is 159 g/mol. The topological polar surface area (TPSA) is 49.4 Å². The molecule has 4 nitrogen and oxygen atoms in total. The highest BCUT2D eigenvalue weighted by atomic mass is 16.7. The molecule has 1 aliphatic heterocycles. The summed E-state index contributed by atoms with van der Waals surface area (Å²) in [6, 6.07) is 0. The van der Waals surface area contributed by atoms with Crippen LogP contribution in [0.3, 0.4) is 0 Å². The number of methoxy groups -OCH3 is 1. The van der Waals surface area contributed by atoms with Gasteiger partial charge in [-0.1, -0.05) is 0 Å². The maximum atomic E-state index is 11.5. The minimum absolute atomic E-state index is 0.382. The molecule has 0 spiro atoms. The lowest BCUT2D eigenvalue weighted by atomic mass is 10.1. The van der Waals surface area contributed by atoms with Crippen LogP contribution >= 0.6 is 0 Å². The number of hydrogen-bond acceptors (Lipinski definition) is 3. The molecule has 0 aromatic carbocycles. The zero-order valence-corrected chi connectivity index (χ0v) is 6.71. The summed E-state index contributed by atoms with van der Waals surface area (Å²) < 4.78 is 3.63. The molecule has 64 valence electrons. The summed E-state index contributed by atoms with van der Waals surface area (Å²) in [5.41, 5.74) is 0. The van der Waals surface area contributed by atoms with Crippen molar-refractivity contribution >= 4 is 6.09 Å². The van der Waals surface area contributed by atoms with E-state index in [4.69, 9.17) is 0 Å². The molecular weight excluding hydrogens is 146 g/mol. The van der Waals surface area contributed by atoms with Crippen LogP contribution in [0.1, 0.15) is 19.3 Å². The van der Waals surface area contributed by atoms with Gasteiger partial charge in [-0.15, -0.1) is 0 Å². The minimum atomic E-state index is -0.781. The van der Waals surface area contributed by atoms with Crippen molar-refractivity contribution in [2.45, 2.75) is 19.3 Å². The van der Waals surface area contributed by atoms with E-state index >= 15 is 0 Å². The van der Waals surface area contributed by atoms with Gasteiger partial charge in [0.1, 0.15) is 0 Å². The van der Waals surface area contributed by atoms with E-state index in [9.17, 15) is 10.0 Å². The molecule has 0 aromatic heterocycles. The molecular formula is C7H13NO3. The molecule has 1 amide bonds. The Balaban J connectivity index is 2.56. The van der Waals surface area contributed by atoms with Gasteiger partial charge in [-0.05, 0) is 19.3 Å². The van der Waals surface area contributed by atoms with Crippen LogP contribution in [0.15, 0.2) is 0 Å². The van der Waals surface area contributed by atoms with E-state index < -0.39 is 10.7 Å². The van der Waals surface area contributed by atoms with Gasteiger partial charge < -0.3 is 9.94 Å². The van der Waals surface area contributed by atoms with Crippen LogP contribution in [0.25, 0.3) is 0 Å². The van der Waals surface area contributed by atoms with Gasteiger partial charge in [0.05, 0.1) is 20.2 Å². The van der Waals surface area contributed by atoms with Gasteiger partial charge in [-0.3, -0.25) is 4.65 Å². The molecule has 0 saturated carbocycles. The lowest BCUT2D eigenvalue weighted by molar-refractivity contribution is -0.812. The van der Waals surface area contributed by atoms with E-state index in [-0.39, 0.29) is 0 Å². The van der Waals surface area contributed by atoms with Crippen LogP contribution in [0.2, 0.25) is 0 Å². The molecule has 0 bridgehead atoms. The number of carbonyl (C=O) groups is 1. The van der Waals surface area contributed by atoms with Gasteiger partial charge in [-0.25, -0.2) is 0 Å². The van der Waals surface area contributed by atoms with E-state index in [2.05, 4.69) is 4.74 Å². The molecule has 4 heteroatoms. The van der Waals surface area contributed by atoms with Crippen molar-refractivity contribution in [3.05, 3.63) is 5.21 Å². The van der Waals surface area contributed by atoms with Crippen molar-refractivity contribution in [3.63, 3.8) is 0 Å². The molecule has 1 aliphatic rings. The van der Waals surface area contributed by atoms with Crippen LogP contribution in [-0.4, -0.2) is 30.9 Å². The summed E-state index contributed by atoms with van der Waals surface area (Å²) in [6.45, 7) is 0.763. The highest BCUT2D eigenvalue weighted by Crippen LogP contribution is 2.18. The minimum Gasteiger partial charge on any atom is -0.622 e. The third-order valence-corrected chi connectivity index (χ3v) is 2.05. The lowest BCUT2D eigenvalue weighted by Gasteiger charge is -2.40. The number of hydroxylamine groups is 3. The Labute approximate surface area is 65.9 Å². The SMILES string of the molecule is COC(=O)[N+]1([O-])CCCCC1. The third kappa shape index (κ3) is 1.70. The second kappa shape index (κ2) is 3.19. The van der Waals surface area contributed by atoms with E-state index in [1.165, 1.54) is 7.11 Å². The maximum Gasteiger partial charge on any atom is 0.515 e. The predicted molar refractivity (Wildman–Crippen MR) is 39.6 cm³/mol. The number of quaternary nitrogens is 1. The van der Waals surface area contributed by atoms with Crippen molar-refractivity contribution in [2.24, 2.45) is 0 Å². The van der Waals surface area contributed by atoms with Crippen LogP contribution in [0.5, 0.6) is 0 Å². The molecule has 1 saturated heterocycles. The fraction of sp³-hybridized carbons (Fsp3) is 0.857. The quantitative estimate of drug-likeness (QED) is 0.395. The zero-order chi connectivity index (χ0) is 8.32. The molecule has 0 unspecified atom stereocenters. The Bertz CT molecular complexity index is 152. The number of piperidine rings is 1. The number of hydrogen-bond donors (Lipinski definition) is 0. The summed E-state index contributed by atoms with van der Waals surface area (Å²) in [5, 5.41) is 11.5. The number of amides is 1. The molecule has 0 atom stereocenters. The first-order valence-corrected chi connectivity index (χ1v) is 3.86. The monoisotopic (exact) mass is 159 g/mol. The number of ether oxygens (including phenoxy) is 1. The van der Waals surface area contributed by atoms with Gasteiger partial charge in [0.25, 0.3) is 0 Å². The fourth-order valence-corrected chi connectivity index (χ4v) is 1.37. The number of nitrogens with zero attached hydrogens (tertiary/aromatic N) is 1. The zero-order valence-electron chi connectivity index (χ0n) is 6.71. The normalized spacial score (nSPS) is 22.7. The van der Waals surface area contributed by atoms with Gasteiger partial charge in [0, 0.05) is 0 Å². The molecule has 11 heavy (non-hydrogen) atoms.